The summed E-state index contributed by atoms with van der Waals surface area (Å²) in [4.78, 5) is 0. The van der Waals surface area contributed by atoms with E-state index in [0.29, 0.717) is 0 Å². The molecular formula is C4H4Cl2F4. The summed E-state index contributed by atoms with van der Waals surface area (Å²) in [6.07, 6.45) is -4.18. The molecule has 0 aromatic heterocycles. The summed E-state index contributed by atoms with van der Waals surface area (Å²) in [7, 11) is 0. The van der Waals surface area contributed by atoms with Crippen LogP contribution in [-0.2, 0) is 0 Å². The topological polar surface area (TPSA) is 0 Å². The molecule has 0 aromatic rings. The molecule has 0 saturated heterocycles. The molecule has 1 unspecified atom stereocenters. The Balaban J connectivity index is 3.68. The van der Waals surface area contributed by atoms with Crippen molar-refractivity contribution in [3.8, 4) is 0 Å². The smallest absolute Gasteiger partial charge is 0.209 e. The fraction of sp³-hybridized carbons (Fsp3) is 1.00. The second-order valence-electron chi connectivity index (χ2n) is 1.67. The van der Waals surface area contributed by atoms with E-state index in [1.54, 1.807) is 0 Å². The molecule has 10 heavy (non-hydrogen) atoms. The Morgan fingerprint density at radius 2 is 1.70 bits per heavy atom. The molecule has 0 aliphatic rings. The van der Waals surface area contributed by atoms with Crippen LogP contribution in [0, 0.1) is 0 Å². The third kappa shape index (κ3) is 5.11. The summed E-state index contributed by atoms with van der Waals surface area (Å²) >= 11 is 9.11. The van der Waals surface area contributed by atoms with Crippen molar-refractivity contribution < 1.29 is 17.6 Å². The zero-order chi connectivity index (χ0) is 8.36. The normalized spacial score (nSPS) is 15.9. The number of hydrogen-bond acceptors (Lipinski definition) is 0. The lowest BCUT2D eigenvalue weighted by Crippen LogP contribution is -2.20. The first-order valence-corrected chi connectivity index (χ1v) is 3.13. The molecule has 0 rings (SSSR count). The summed E-state index contributed by atoms with van der Waals surface area (Å²) < 4.78 is 46.2. The molecule has 0 saturated carbocycles. The molecule has 0 fully saturated rings. The van der Waals surface area contributed by atoms with Crippen LogP contribution in [0.2, 0.25) is 0 Å². The molecule has 0 amide bonds. The van der Waals surface area contributed by atoms with Gasteiger partial charge in [0.25, 0.3) is 6.43 Å². The second-order valence-corrected chi connectivity index (χ2v) is 2.78. The summed E-state index contributed by atoms with van der Waals surface area (Å²) in [5.41, 5.74) is 0. The van der Waals surface area contributed by atoms with Gasteiger partial charge in [-0.05, 0) is 11.6 Å². The van der Waals surface area contributed by atoms with E-state index in [1.807, 2.05) is 0 Å². The third-order valence-corrected chi connectivity index (χ3v) is 1.20. The van der Waals surface area contributed by atoms with E-state index in [-0.39, 0.29) is 0 Å². The van der Waals surface area contributed by atoms with Gasteiger partial charge in [0.15, 0.2) is 0 Å². The number of halogens is 6. The van der Waals surface area contributed by atoms with Crippen LogP contribution in [0.5, 0.6) is 0 Å². The second kappa shape index (κ2) is 3.62. The van der Waals surface area contributed by atoms with Crippen molar-refractivity contribution >= 4 is 23.2 Å². The molecule has 0 nitrogen and oxygen atoms in total. The van der Waals surface area contributed by atoms with Gasteiger partial charge < -0.3 is 0 Å². The number of hydrogen-bond donors (Lipinski definition) is 0. The lowest BCUT2D eigenvalue weighted by atomic mass is 10.3. The highest BCUT2D eigenvalue weighted by molar-refractivity contribution is 6.24. The van der Waals surface area contributed by atoms with Crippen LogP contribution in [0.1, 0.15) is 6.42 Å². The molecule has 0 aromatic carbocycles. The van der Waals surface area contributed by atoms with Gasteiger partial charge in [-0.25, -0.2) is 8.78 Å². The Morgan fingerprint density at radius 1 is 1.30 bits per heavy atom. The lowest BCUT2D eigenvalue weighted by molar-refractivity contribution is 0.0535. The van der Waals surface area contributed by atoms with E-state index in [9.17, 15) is 17.6 Å². The molecule has 0 aliphatic carbocycles. The predicted octanol–water partition coefficient (Wildman–Crippen LogP) is 3.08. The van der Waals surface area contributed by atoms with Crippen molar-refractivity contribution in [2.45, 2.75) is 23.6 Å². The van der Waals surface area contributed by atoms with Crippen molar-refractivity contribution in [2.24, 2.45) is 0 Å². The number of rotatable bonds is 3. The maximum absolute atomic E-state index is 11.7. The molecule has 0 bridgehead atoms. The average Bonchev–Trinajstić information content (AvgIpc) is 1.60. The minimum absolute atomic E-state index is 1.21. The van der Waals surface area contributed by atoms with Gasteiger partial charge in [0.05, 0.1) is 0 Å². The minimum atomic E-state index is -3.64. The van der Waals surface area contributed by atoms with Gasteiger partial charge in [-0.15, -0.1) is 11.6 Å². The van der Waals surface area contributed by atoms with Gasteiger partial charge in [0.2, 0.25) is 0 Å². The van der Waals surface area contributed by atoms with Crippen LogP contribution in [0.3, 0.4) is 0 Å². The summed E-state index contributed by atoms with van der Waals surface area (Å²) in [5.74, 6) is 0. The van der Waals surface area contributed by atoms with Gasteiger partial charge in [-0.2, -0.15) is 8.78 Å². The van der Waals surface area contributed by atoms with E-state index in [4.69, 9.17) is 11.6 Å². The standard InChI is InChI=1S/C4H4Cl2F4/c5-2(3(7)8)1-4(6,9)10/h2-3H,1H2. The molecule has 62 valence electrons. The molecule has 0 aliphatic heterocycles. The lowest BCUT2D eigenvalue weighted by Gasteiger charge is -2.11. The molecular weight excluding hydrogens is 195 g/mol. The Hall–Kier alpha value is 0.300. The molecule has 0 spiro atoms. The monoisotopic (exact) mass is 198 g/mol. The van der Waals surface area contributed by atoms with E-state index >= 15 is 0 Å². The Labute approximate surface area is 65.1 Å². The molecule has 0 N–H and O–H groups in total. The molecule has 6 heteroatoms. The molecule has 0 heterocycles. The van der Waals surface area contributed by atoms with Gasteiger partial charge >= 0.3 is 5.38 Å². The zero-order valence-corrected chi connectivity index (χ0v) is 6.14. The van der Waals surface area contributed by atoms with Crippen molar-refractivity contribution in [3.05, 3.63) is 0 Å². The highest BCUT2D eigenvalue weighted by Gasteiger charge is 2.32. The number of alkyl halides is 6. The van der Waals surface area contributed by atoms with Gasteiger partial charge in [-0.1, -0.05) is 0 Å². The van der Waals surface area contributed by atoms with Crippen molar-refractivity contribution in [3.63, 3.8) is 0 Å². The first kappa shape index (κ1) is 10.3. The Morgan fingerprint density at radius 3 is 1.80 bits per heavy atom. The Kier molecular flexibility index (Phi) is 3.73. The SMILES string of the molecule is FC(F)C(Cl)CC(F)(F)Cl. The quantitative estimate of drug-likeness (QED) is 0.483. The van der Waals surface area contributed by atoms with Crippen molar-refractivity contribution in [1.29, 1.82) is 0 Å². The highest BCUT2D eigenvalue weighted by atomic mass is 35.5. The average molecular weight is 199 g/mol. The van der Waals surface area contributed by atoms with Crippen LogP contribution in [0.25, 0.3) is 0 Å². The fourth-order valence-electron chi connectivity index (χ4n) is 0.310. The summed E-state index contributed by atoms with van der Waals surface area (Å²) in [5, 5.41) is -5.52. The van der Waals surface area contributed by atoms with Crippen molar-refractivity contribution in [1.82, 2.24) is 0 Å². The maximum atomic E-state index is 11.7. The van der Waals surface area contributed by atoms with Crippen LogP contribution < -0.4 is 0 Å². The summed E-state index contributed by atoms with van der Waals surface area (Å²) in [6.45, 7) is 0. The van der Waals surface area contributed by atoms with Crippen LogP contribution >= 0.6 is 23.2 Å². The molecule has 0 radical (unpaired) electrons. The van der Waals surface area contributed by atoms with E-state index in [2.05, 4.69) is 11.6 Å². The van der Waals surface area contributed by atoms with Crippen LogP contribution in [0.4, 0.5) is 17.6 Å². The van der Waals surface area contributed by atoms with E-state index in [1.165, 1.54) is 0 Å². The maximum Gasteiger partial charge on any atom is 0.323 e. The first-order chi connectivity index (χ1) is 4.33. The van der Waals surface area contributed by atoms with Gasteiger partial charge in [0, 0.05) is 6.42 Å². The van der Waals surface area contributed by atoms with Crippen LogP contribution in [0.15, 0.2) is 0 Å². The zero-order valence-electron chi connectivity index (χ0n) is 4.63. The predicted molar refractivity (Wildman–Crippen MR) is 31.1 cm³/mol. The van der Waals surface area contributed by atoms with E-state index < -0.39 is 23.6 Å². The van der Waals surface area contributed by atoms with E-state index in [0.717, 1.165) is 0 Å². The highest BCUT2D eigenvalue weighted by Crippen LogP contribution is 2.29. The van der Waals surface area contributed by atoms with Gasteiger partial charge in [0.1, 0.15) is 5.38 Å². The molecule has 1 atom stereocenters. The third-order valence-electron chi connectivity index (χ3n) is 0.700. The Bertz CT molecular complexity index is 99.9. The largest absolute Gasteiger partial charge is 0.323 e. The first-order valence-electron chi connectivity index (χ1n) is 2.32. The van der Waals surface area contributed by atoms with Crippen LogP contribution in [-0.4, -0.2) is 17.2 Å². The van der Waals surface area contributed by atoms with Crippen molar-refractivity contribution in [2.75, 3.05) is 0 Å². The van der Waals surface area contributed by atoms with Gasteiger partial charge in [-0.3, -0.25) is 0 Å². The minimum Gasteiger partial charge on any atom is -0.209 e. The fourth-order valence-corrected chi connectivity index (χ4v) is 0.749. The summed E-state index contributed by atoms with van der Waals surface area (Å²) in [6, 6.07) is 0.